The summed E-state index contributed by atoms with van der Waals surface area (Å²) in [5.74, 6) is -0.245. The lowest BCUT2D eigenvalue weighted by Gasteiger charge is -2.35. The fourth-order valence-corrected chi connectivity index (χ4v) is 4.40. The number of nitrogens with zero attached hydrogens (tertiary/aromatic N) is 1. The number of ether oxygens (including phenoxy) is 1. The molecule has 2 aliphatic heterocycles. The molecule has 2 aromatic rings. The quantitative estimate of drug-likeness (QED) is 0.398. The van der Waals surface area contributed by atoms with Crippen LogP contribution in [0.1, 0.15) is 36.8 Å². The molecular weight excluding hydrogens is 409 g/mol. The molecule has 2 bridgehead atoms. The van der Waals surface area contributed by atoms with Crippen molar-refractivity contribution < 1.29 is 15.0 Å². The van der Waals surface area contributed by atoms with Crippen molar-refractivity contribution in [1.29, 1.82) is 0 Å². The van der Waals surface area contributed by atoms with E-state index in [1.807, 2.05) is 60.7 Å². The largest absolute Gasteiger partial charge is 0.459 e. The molecule has 3 atom stereocenters. The van der Waals surface area contributed by atoms with Gasteiger partial charge in [0, 0.05) is 29.9 Å². The lowest BCUT2D eigenvalue weighted by Crippen LogP contribution is -2.43. The number of rotatable bonds is 4. The van der Waals surface area contributed by atoms with E-state index in [4.69, 9.17) is 16.3 Å². The molecule has 29 heavy (non-hydrogen) atoms. The summed E-state index contributed by atoms with van der Waals surface area (Å²) in [5.41, 5.74) is 2.39. The Bertz CT molecular complexity index is 825. The van der Waals surface area contributed by atoms with Gasteiger partial charge in [0.1, 0.15) is 6.10 Å². The van der Waals surface area contributed by atoms with Crippen molar-refractivity contribution in [2.24, 2.45) is 0 Å². The van der Waals surface area contributed by atoms with Crippen LogP contribution in [0, 0.1) is 0 Å². The van der Waals surface area contributed by atoms with Crippen molar-refractivity contribution in [3.8, 4) is 0 Å². The maximum Gasteiger partial charge on any atom is 0.339 e. The number of carbonyl (C=O) groups is 1. The molecule has 2 aromatic carbocycles. The molecule has 0 spiro atoms. The van der Waals surface area contributed by atoms with Gasteiger partial charge in [-0.05, 0) is 49.2 Å². The van der Waals surface area contributed by atoms with Gasteiger partial charge < -0.3 is 15.1 Å². The molecule has 4 nitrogen and oxygen atoms in total. The van der Waals surface area contributed by atoms with Gasteiger partial charge in [-0.3, -0.25) is 0 Å². The first-order valence-corrected chi connectivity index (χ1v) is 9.93. The Morgan fingerprint density at radius 3 is 2.21 bits per heavy atom. The second-order valence-electron chi connectivity index (χ2n) is 7.52. The van der Waals surface area contributed by atoms with Gasteiger partial charge in [0.25, 0.3) is 0 Å². The smallest absolute Gasteiger partial charge is 0.339 e. The van der Waals surface area contributed by atoms with Crippen molar-refractivity contribution in [2.45, 2.75) is 43.9 Å². The molecule has 1 unspecified atom stereocenters. The van der Waals surface area contributed by atoms with Gasteiger partial charge in [-0.25, -0.2) is 4.79 Å². The Morgan fingerprint density at radius 2 is 1.62 bits per heavy atom. The van der Waals surface area contributed by atoms with Crippen LogP contribution >= 0.6 is 24.0 Å². The Morgan fingerprint density at radius 1 is 1.03 bits per heavy atom. The first-order valence-electron chi connectivity index (χ1n) is 9.56. The summed E-state index contributed by atoms with van der Waals surface area (Å²) in [6.45, 7) is 0. The average Bonchev–Trinajstić information content (AvgIpc) is 2.89. The van der Waals surface area contributed by atoms with Crippen LogP contribution in [0.4, 0.5) is 0 Å². The number of hydrogen-bond donors (Lipinski definition) is 0. The summed E-state index contributed by atoms with van der Waals surface area (Å²) in [6.07, 6.45) is 6.17. The van der Waals surface area contributed by atoms with Gasteiger partial charge in [-0.2, -0.15) is 0 Å². The predicted molar refractivity (Wildman–Crippen MR) is 120 cm³/mol. The third-order valence-electron chi connectivity index (χ3n) is 5.81. The van der Waals surface area contributed by atoms with E-state index >= 15 is 0 Å². The second kappa shape index (κ2) is 10.3. The molecule has 2 fully saturated rings. The van der Waals surface area contributed by atoms with Crippen LogP contribution in [0.5, 0.6) is 0 Å². The van der Waals surface area contributed by atoms with Crippen LogP contribution in [0.15, 0.2) is 54.6 Å². The van der Waals surface area contributed by atoms with Gasteiger partial charge in [0.05, 0.1) is 5.57 Å². The molecule has 2 aliphatic rings. The van der Waals surface area contributed by atoms with E-state index in [9.17, 15) is 4.79 Å². The highest BCUT2D eigenvalue weighted by Gasteiger charge is 2.40. The third-order valence-corrected chi connectivity index (χ3v) is 6.07. The van der Waals surface area contributed by atoms with E-state index in [-0.39, 0.29) is 30.0 Å². The normalized spacial score (nSPS) is 23.7. The Hall–Kier alpha value is -1.85. The summed E-state index contributed by atoms with van der Waals surface area (Å²) < 4.78 is 5.97. The predicted octanol–water partition coefficient (Wildman–Crippen LogP) is 4.65. The standard InChI is InChI=1S/C23H24ClNO2.ClH.H2O/c1-25-19-11-12-20(25)15-21(14-19)27-23(26)22(17-5-3-2-4-6-17)13-16-7-9-18(24)10-8-16;;/h2-10,13,19-21H,11-12,14-15H2,1H3;1H;1H2/b22-13+;;/t19-,20+,21?;;. The lowest BCUT2D eigenvalue weighted by atomic mass is 9.99. The minimum Gasteiger partial charge on any atom is -0.459 e. The summed E-state index contributed by atoms with van der Waals surface area (Å²) >= 11 is 5.99. The highest BCUT2D eigenvalue weighted by atomic mass is 35.5. The SMILES string of the molecule is CN1[C@@H]2CC[C@H]1CC(OC(=O)/C(=C/c1ccc(Cl)cc1)c1ccccc1)C2.Cl.O. The van der Waals surface area contributed by atoms with E-state index in [0.29, 0.717) is 22.7 Å². The molecule has 0 aromatic heterocycles. The van der Waals surface area contributed by atoms with Crippen molar-refractivity contribution in [1.82, 2.24) is 4.90 Å². The molecule has 0 aliphatic carbocycles. The molecular formula is C23H27Cl2NO3. The maximum atomic E-state index is 13.1. The summed E-state index contributed by atoms with van der Waals surface area (Å²) in [4.78, 5) is 15.5. The van der Waals surface area contributed by atoms with Crippen molar-refractivity contribution in [3.05, 3.63) is 70.7 Å². The topological polar surface area (TPSA) is 61.0 Å². The first kappa shape index (κ1) is 23.4. The third kappa shape index (κ3) is 5.40. The molecule has 2 N–H and O–H groups in total. The Labute approximate surface area is 183 Å². The summed E-state index contributed by atoms with van der Waals surface area (Å²) in [6, 6.07) is 18.3. The van der Waals surface area contributed by atoms with Crippen molar-refractivity contribution in [3.63, 3.8) is 0 Å². The minimum absolute atomic E-state index is 0. The van der Waals surface area contributed by atoms with Gasteiger partial charge in [-0.15, -0.1) is 12.4 Å². The number of carbonyl (C=O) groups excluding carboxylic acids is 1. The minimum atomic E-state index is -0.245. The first-order chi connectivity index (χ1) is 13.1. The highest BCUT2D eigenvalue weighted by Crippen LogP contribution is 2.36. The van der Waals surface area contributed by atoms with E-state index in [1.54, 1.807) is 0 Å². The number of fused-ring (bicyclic) bond motifs is 2. The zero-order chi connectivity index (χ0) is 18.8. The van der Waals surface area contributed by atoms with E-state index < -0.39 is 0 Å². The monoisotopic (exact) mass is 435 g/mol. The Balaban J connectivity index is 0.00000150. The van der Waals surface area contributed by atoms with Gasteiger partial charge >= 0.3 is 5.97 Å². The summed E-state index contributed by atoms with van der Waals surface area (Å²) in [7, 11) is 2.19. The lowest BCUT2D eigenvalue weighted by molar-refractivity contribution is -0.144. The van der Waals surface area contributed by atoms with Crippen LogP contribution in [0.25, 0.3) is 11.6 Å². The zero-order valence-electron chi connectivity index (χ0n) is 16.4. The van der Waals surface area contributed by atoms with Gasteiger partial charge in [0.2, 0.25) is 0 Å². The van der Waals surface area contributed by atoms with E-state index in [0.717, 1.165) is 24.0 Å². The number of hydrogen-bond acceptors (Lipinski definition) is 3. The van der Waals surface area contributed by atoms with Gasteiger partial charge in [-0.1, -0.05) is 54.1 Å². The van der Waals surface area contributed by atoms with Crippen molar-refractivity contribution in [2.75, 3.05) is 7.05 Å². The van der Waals surface area contributed by atoms with Crippen LogP contribution in [0.2, 0.25) is 5.02 Å². The van der Waals surface area contributed by atoms with Crippen LogP contribution in [0.3, 0.4) is 0 Å². The molecule has 2 saturated heterocycles. The number of benzene rings is 2. The average molecular weight is 436 g/mol. The fourth-order valence-electron chi connectivity index (χ4n) is 4.28. The highest BCUT2D eigenvalue weighted by molar-refractivity contribution is 6.30. The Kier molecular flexibility index (Phi) is 8.29. The number of halogens is 2. The molecule has 4 rings (SSSR count). The molecule has 2 heterocycles. The van der Waals surface area contributed by atoms with Crippen LogP contribution in [-0.2, 0) is 9.53 Å². The molecule has 6 heteroatoms. The zero-order valence-corrected chi connectivity index (χ0v) is 18.0. The molecule has 0 radical (unpaired) electrons. The number of piperidine rings is 1. The van der Waals surface area contributed by atoms with E-state index in [2.05, 4.69) is 11.9 Å². The van der Waals surface area contributed by atoms with Crippen LogP contribution < -0.4 is 0 Å². The van der Waals surface area contributed by atoms with Crippen LogP contribution in [-0.4, -0.2) is 41.6 Å². The fraction of sp³-hybridized carbons (Fsp3) is 0.348. The van der Waals surface area contributed by atoms with E-state index in [1.165, 1.54) is 12.8 Å². The maximum absolute atomic E-state index is 13.1. The van der Waals surface area contributed by atoms with Crippen molar-refractivity contribution >= 4 is 41.6 Å². The second-order valence-corrected chi connectivity index (χ2v) is 7.96. The molecule has 0 amide bonds. The van der Waals surface area contributed by atoms with Gasteiger partial charge in [0.15, 0.2) is 0 Å². The number of esters is 1. The molecule has 156 valence electrons. The summed E-state index contributed by atoms with van der Waals surface area (Å²) in [5, 5.41) is 0.679. The molecule has 0 saturated carbocycles.